The van der Waals surface area contributed by atoms with Gasteiger partial charge in [0, 0.05) is 17.9 Å². The van der Waals surface area contributed by atoms with Crippen molar-refractivity contribution in [2.45, 2.75) is 27.2 Å². The lowest BCUT2D eigenvalue weighted by Gasteiger charge is -2.17. The Balaban J connectivity index is 2.83. The van der Waals surface area contributed by atoms with Crippen LogP contribution in [0.3, 0.4) is 0 Å². The molecular weight excluding hydrogens is 275 g/mol. The van der Waals surface area contributed by atoms with E-state index in [1.54, 1.807) is 20.8 Å². The molecule has 0 spiro atoms. The lowest BCUT2D eigenvalue weighted by Crippen LogP contribution is -2.31. The number of carbonyl (C=O) groups excluding carboxylic acids is 3. The van der Waals surface area contributed by atoms with Crippen LogP contribution in [0.1, 0.15) is 37.6 Å². The number of ether oxygens (including phenoxy) is 1. The highest BCUT2D eigenvalue weighted by Crippen LogP contribution is 2.20. The van der Waals surface area contributed by atoms with Gasteiger partial charge < -0.3 is 4.74 Å². The maximum absolute atomic E-state index is 12.8. The molecule has 1 aromatic rings. The van der Waals surface area contributed by atoms with Crippen molar-refractivity contribution in [2.75, 3.05) is 6.61 Å². The van der Waals surface area contributed by atoms with Crippen LogP contribution in [0.15, 0.2) is 24.3 Å². The summed E-state index contributed by atoms with van der Waals surface area (Å²) in [6, 6.07) is 5.10. The monoisotopic (exact) mass is 294 g/mol. The van der Waals surface area contributed by atoms with Crippen molar-refractivity contribution in [2.24, 2.45) is 11.8 Å². The third kappa shape index (κ3) is 4.77. The second-order valence-corrected chi connectivity index (χ2v) is 5.07. The molecular formula is C16H19FO4. The van der Waals surface area contributed by atoms with Gasteiger partial charge in [0.25, 0.3) is 0 Å². The molecule has 0 aliphatic carbocycles. The molecule has 0 aliphatic heterocycles. The van der Waals surface area contributed by atoms with Gasteiger partial charge in [-0.25, -0.2) is 9.18 Å². The van der Waals surface area contributed by atoms with Crippen molar-refractivity contribution in [3.8, 4) is 0 Å². The van der Waals surface area contributed by atoms with E-state index in [-0.39, 0.29) is 24.7 Å². The van der Waals surface area contributed by atoms with Crippen molar-refractivity contribution in [1.29, 1.82) is 0 Å². The molecule has 0 fully saturated rings. The summed E-state index contributed by atoms with van der Waals surface area (Å²) >= 11 is 0. The van der Waals surface area contributed by atoms with E-state index in [1.165, 1.54) is 24.3 Å². The van der Waals surface area contributed by atoms with Gasteiger partial charge in [0.1, 0.15) is 5.82 Å². The van der Waals surface area contributed by atoms with E-state index in [1.807, 2.05) is 0 Å². The Labute approximate surface area is 123 Å². The van der Waals surface area contributed by atoms with Crippen LogP contribution in [0.25, 0.3) is 0 Å². The fourth-order valence-electron chi connectivity index (χ4n) is 1.94. The smallest absolute Gasteiger partial charge is 0.374 e. The summed E-state index contributed by atoms with van der Waals surface area (Å²) in [5, 5.41) is 0. The molecule has 0 bridgehead atoms. The average Bonchev–Trinajstić information content (AvgIpc) is 2.44. The zero-order valence-electron chi connectivity index (χ0n) is 12.4. The number of halogens is 1. The summed E-state index contributed by atoms with van der Waals surface area (Å²) in [5.74, 6) is -3.25. The maximum atomic E-state index is 12.8. The van der Waals surface area contributed by atoms with Crippen LogP contribution in [-0.4, -0.2) is 24.1 Å². The molecule has 0 saturated carbocycles. The molecule has 114 valence electrons. The van der Waals surface area contributed by atoms with E-state index in [0.717, 1.165) is 0 Å². The van der Waals surface area contributed by atoms with E-state index in [9.17, 15) is 18.8 Å². The SMILES string of the molecule is CCOC(=O)C(=O)C(CC(=O)c1ccc(F)cc1)C(C)C. The van der Waals surface area contributed by atoms with Crippen LogP contribution < -0.4 is 0 Å². The first kappa shape index (κ1) is 17.0. The summed E-state index contributed by atoms with van der Waals surface area (Å²) in [6.45, 7) is 5.25. The second kappa shape index (κ2) is 7.67. The first-order valence-corrected chi connectivity index (χ1v) is 6.86. The first-order chi connectivity index (χ1) is 9.86. The van der Waals surface area contributed by atoms with Gasteiger partial charge in [-0.15, -0.1) is 0 Å². The number of esters is 1. The molecule has 0 heterocycles. The van der Waals surface area contributed by atoms with Gasteiger partial charge in [-0.2, -0.15) is 0 Å². The van der Waals surface area contributed by atoms with Gasteiger partial charge in [-0.05, 0) is 37.1 Å². The van der Waals surface area contributed by atoms with Crippen molar-refractivity contribution in [3.63, 3.8) is 0 Å². The third-order valence-corrected chi connectivity index (χ3v) is 3.19. The van der Waals surface area contributed by atoms with Gasteiger partial charge in [0.15, 0.2) is 5.78 Å². The van der Waals surface area contributed by atoms with Crippen LogP contribution >= 0.6 is 0 Å². The Bertz CT molecular complexity index is 520. The van der Waals surface area contributed by atoms with Crippen molar-refractivity contribution >= 4 is 17.5 Å². The Kier molecular flexibility index (Phi) is 6.21. The van der Waals surface area contributed by atoms with Crippen molar-refractivity contribution in [1.82, 2.24) is 0 Å². The normalized spacial score (nSPS) is 12.0. The van der Waals surface area contributed by atoms with Gasteiger partial charge in [-0.1, -0.05) is 13.8 Å². The van der Waals surface area contributed by atoms with Gasteiger partial charge in [-0.3, -0.25) is 9.59 Å². The molecule has 1 unspecified atom stereocenters. The topological polar surface area (TPSA) is 60.4 Å². The summed E-state index contributed by atoms with van der Waals surface area (Å²) < 4.78 is 17.5. The molecule has 1 rings (SSSR count). The lowest BCUT2D eigenvalue weighted by molar-refractivity contribution is -0.155. The molecule has 1 atom stereocenters. The van der Waals surface area contributed by atoms with E-state index >= 15 is 0 Å². The Morgan fingerprint density at radius 3 is 2.19 bits per heavy atom. The Hall–Kier alpha value is -2.04. The van der Waals surface area contributed by atoms with E-state index in [0.29, 0.717) is 5.56 Å². The molecule has 0 radical (unpaired) electrons. The quantitative estimate of drug-likeness (QED) is 0.441. The zero-order valence-corrected chi connectivity index (χ0v) is 12.4. The predicted octanol–water partition coefficient (Wildman–Crippen LogP) is 2.80. The Morgan fingerprint density at radius 1 is 1.14 bits per heavy atom. The van der Waals surface area contributed by atoms with Crippen molar-refractivity contribution in [3.05, 3.63) is 35.6 Å². The molecule has 0 aromatic heterocycles. The number of carbonyl (C=O) groups is 3. The van der Waals surface area contributed by atoms with Crippen molar-refractivity contribution < 1.29 is 23.5 Å². The van der Waals surface area contributed by atoms with Crippen LogP contribution in [0.2, 0.25) is 0 Å². The number of benzene rings is 1. The molecule has 5 heteroatoms. The molecule has 4 nitrogen and oxygen atoms in total. The molecule has 0 saturated heterocycles. The summed E-state index contributed by atoms with van der Waals surface area (Å²) in [4.78, 5) is 35.7. The standard InChI is InChI=1S/C16H19FO4/c1-4-21-16(20)15(19)13(10(2)3)9-14(18)11-5-7-12(17)8-6-11/h5-8,10,13H,4,9H2,1-3H3. The lowest BCUT2D eigenvalue weighted by atomic mass is 9.85. The van der Waals surface area contributed by atoms with Crippen LogP contribution in [0.5, 0.6) is 0 Å². The fraction of sp³-hybridized carbons (Fsp3) is 0.438. The maximum Gasteiger partial charge on any atom is 0.374 e. The average molecular weight is 294 g/mol. The van der Waals surface area contributed by atoms with Gasteiger partial charge in [0.2, 0.25) is 5.78 Å². The third-order valence-electron chi connectivity index (χ3n) is 3.19. The minimum Gasteiger partial charge on any atom is -0.460 e. The summed E-state index contributed by atoms with van der Waals surface area (Å²) in [5.41, 5.74) is 0.318. The Morgan fingerprint density at radius 2 is 1.71 bits per heavy atom. The molecule has 1 aromatic carbocycles. The zero-order chi connectivity index (χ0) is 16.0. The number of ketones is 2. The highest BCUT2D eigenvalue weighted by atomic mass is 19.1. The van der Waals surface area contributed by atoms with Crippen LogP contribution in [0.4, 0.5) is 4.39 Å². The predicted molar refractivity (Wildman–Crippen MR) is 75.3 cm³/mol. The molecule has 0 aliphatic rings. The fourth-order valence-corrected chi connectivity index (χ4v) is 1.94. The van der Waals surface area contributed by atoms with Crippen LogP contribution in [0, 0.1) is 17.7 Å². The minimum absolute atomic E-state index is 0.0963. The number of Topliss-reactive ketones (excluding diaryl/α,β-unsaturated/α-hetero) is 2. The summed E-state index contributed by atoms with van der Waals surface area (Å²) in [6.07, 6.45) is -0.0963. The highest BCUT2D eigenvalue weighted by molar-refractivity contribution is 6.35. The van der Waals surface area contributed by atoms with Gasteiger partial charge >= 0.3 is 5.97 Å². The van der Waals surface area contributed by atoms with E-state index in [2.05, 4.69) is 4.74 Å². The number of hydrogen-bond donors (Lipinski definition) is 0. The largest absolute Gasteiger partial charge is 0.460 e. The second-order valence-electron chi connectivity index (χ2n) is 5.07. The molecule has 0 amide bonds. The van der Waals surface area contributed by atoms with Crippen LogP contribution in [-0.2, 0) is 14.3 Å². The minimum atomic E-state index is -0.914. The van der Waals surface area contributed by atoms with Gasteiger partial charge in [0.05, 0.1) is 6.61 Å². The summed E-state index contributed by atoms with van der Waals surface area (Å²) in [7, 11) is 0. The molecule has 21 heavy (non-hydrogen) atoms. The number of hydrogen-bond acceptors (Lipinski definition) is 4. The molecule has 0 N–H and O–H groups in total. The first-order valence-electron chi connectivity index (χ1n) is 6.86. The highest BCUT2D eigenvalue weighted by Gasteiger charge is 2.31. The number of rotatable bonds is 7. The van der Waals surface area contributed by atoms with E-state index < -0.39 is 23.5 Å². The van der Waals surface area contributed by atoms with E-state index in [4.69, 9.17) is 0 Å².